The Morgan fingerprint density at radius 2 is 1.85 bits per heavy atom. The van der Waals surface area contributed by atoms with Crippen molar-refractivity contribution in [3.63, 3.8) is 0 Å². The number of hydrogen-bond donors (Lipinski definition) is 1. The molecule has 0 saturated carbocycles. The number of carbonyl (C=O) groups is 1. The van der Waals surface area contributed by atoms with E-state index < -0.39 is 0 Å². The minimum absolute atomic E-state index is 0.0309. The summed E-state index contributed by atoms with van der Waals surface area (Å²) >= 11 is 1.42. The number of thioether (sulfide) groups is 1. The van der Waals surface area contributed by atoms with E-state index >= 15 is 0 Å². The zero-order valence-corrected chi connectivity index (χ0v) is 16.2. The minimum atomic E-state index is -0.0309. The van der Waals surface area contributed by atoms with Crippen LogP contribution in [-0.4, -0.2) is 47.9 Å². The van der Waals surface area contributed by atoms with Crippen LogP contribution in [0.3, 0.4) is 0 Å². The van der Waals surface area contributed by atoms with E-state index in [1.165, 1.54) is 17.3 Å². The summed E-state index contributed by atoms with van der Waals surface area (Å²) in [6.45, 7) is 9.17. The molecule has 0 aliphatic carbocycles. The molecule has 6 nitrogen and oxygen atoms in total. The molecule has 0 bridgehead atoms. The smallest absolute Gasteiger partial charge is 0.234 e. The number of nitrogens with zero attached hydrogens (tertiary/aromatic N) is 3. The number of aromatic nitrogens is 2. The number of hydrogen-bond acceptors (Lipinski definition) is 6. The molecule has 1 saturated heterocycles. The highest BCUT2D eigenvalue weighted by Crippen LogP contribution is 2.24. The summed E-state index contributed by atoms with van der Waals surface area (Å²) in [7, 11) is 0. The summed E-state index contributed by atoms with van der Waals surface area (Å²) in [6, 6.07) is 6.09. The molecule has 1 aliphatic rings. The molecule has 1 N–H and O–H groups in total. The summed E-state index contributed by atoms with van der Waals surface area (Å²) in [4.78, 5) is 23.1. The van der Waals surface area contributed by atoms with Gasteiger partial charge in [0.05, 0.1) is 19.0 Å². The maximum atomic E-state index is 12.4. The molecule has 1 fully saturated rings. The van der Waals surface area contributed by atoms with Crippen molar-refractivity contribution < 1.29 is 9.53 Å². The lowest BCUT2D eigenvalue weighted by Crippen LogP contribution is -2.36. The van der Waals surface area contributed by atoms with Gasteiger partial charge < -0.3 is 15.0 Å². The van der Waals surface area contributed by atoms with Gasteiger partial charge >= 0.3 is 0 Å². The molecule has 1 aromatic carbocycles. The Hall–Kier alpha value is -2.12. The Balaban J connectivity index is 1.59. The molecule has 0 atom stereocenters. The molecular weight excluding hydrogens is 348 g/mol. The number of amides is 1. The average molecular weight is 372 g/mol. The number of aryl methyl sites for hydroxylation is 3. The van der Waals surface area contributed by atoms with Crippen LogP contribution in [0.5, 0.6) is 0 Å². The van der Waals surface area contributed by atoms with Gasteiger partial charge in [0, 0.05) is 24.8 Å². The molecule has 2 heterocycles. The van der Waals surface area contributed by atoms with Gasteiger partial charge in [0.2, 0.25) is 5.91 Å². The molecule has 138 valence electrons. The van der Waals surface area contributed by atoms with E-state index in [-0.39, 0.29) is 5.91 Å². The standard InChI is InChI=1S/C19H24N4O2S/c1-13-8-14(2)19(15(3)9-13)22-17(24)11-26-18-10-16(20-12-21-18)23-4-6-25-7-5-23/h8-10,12H,4-7,11H2,1-3H3,(H,22,24). The van der Waals surface area contributed by atoms with Crippen LogP contribution in [-0.2, 0) is 9.53 Å². The maximum Gasteiger partial charge on any atom is 0.234 e. The van der Waals surface area contributed by atoms with Crippen molar-refractivity contribution in [2.24, 2.45) is 0 Å². The second-order valence-electron chi connectivity index (χ2n) is 6.42. The molecule has 0 spiro atoms. The van der Waals surface area contributed by atoms with Gasteiger partial charge in [-0.05, 0) is 31.9 Å². The van der Waals surface area contributed by atoms with E-state index in [1.807, 2.05) is 19.9 Å². The van der Waals surface area contributed by atoms with Crippen molar-refractivity contribution >= 4 is 29.2 Å². The molecule has 3 rings (SSSR count). The third kappa shape index (κ3) is 4.74. The molecular formula is C19H24N4O2S. The van der Waals surface area contributed by atoms with Gasteiger partial charge in [0.25, 0.3) is 0 Å². The van der Waals surface area contributed by atoms with Crippen LogP contribution >= 0.6 is 11.8 Å². The van der Waals surface area contributed by atoms with Gasteiger partial charge in [0.1, 0.15) is 17.2 Å². The van der Waals surface area contributed by atoms with Crippen LogP contribution in [0, 0.1) is 20.8 Å². The Morgan fingerprint density at radius 1 is 1.15 bits per heavy atom. The summed E-state index contributed by atoms with van der Waals surface area (Å²) in [5, 5.41) is 3.82. The Kier molecular flexibility index (Phi) is 6.11. The first kappa shape index (κ1) is 18.7. The lowest BCUT2D eigenvalue weighted by Gasteiger charge is -2.27. The first-order chi connectivity index (χ1) is 12.5. The van der Waals surface area contributed by atoms with Crippen LogP contribution < -0.4 is 10.2 Å². The topological polar surface area (TPSA) is 67.4 Å². The monoisotopic (exact) mass is 372 g/mol. The Labute approximate surface area is 158 Å². The fraction of sp³-hybridized carbons (Fsp3) is 0.421. The number of ether oxygens (including phenoxy) is 1. The summed E-state index contributed by atoms with van der Waals surface area (Å²) in [6.07, 6.45) is 1.55. The SMILES string of the molecule is Cc1cc(C)c(NC(=O)CSc2cc(N3CCOCC3)ncn2)c(C)c1. The second kappa shape index (κ2) is 8.51. The quantitative estimate of drug-likeness (QED) is 0.643. The molecule has 0 unspecified atom stereocenters. The van der Waals surface area contributed by atoms with E-state index in [9.17, 15) is 4.79 Å². The first-order valence-electron chi connectivity index (χ1n) is 8.68. The van der Waals surface area contributed by atoms with E-state index in [2.05, 4.69) is 39.2 Å². The van der Waals surface area contributed by atoms with Gasteiger partial charge in [-0.2, -0.15) is 0 Å². The van der Waals surface area contributed by atoms with E-state index in [0.29, 0.717) is 19.0 Å². The van der Waals surface area contributed by atoms with Gasteiger partial charge in [0.15, 0.2) is 0 Å². The highest BCUT2D eigenvalue weighted by atomic mass is 32.2. The summed E-state index contributed by atoms with van der Waals surface area (Å²) in [5.41, 5.74) is 4.26. The number of rotatable bonds is 5. The van der Waals surface area contributed by atoms with E-state index in [4.69, 9.17) is 4.74 Å². The van der Waals surface area contributed by atoms with Crippen molar-refractivity contribution in [1.29, 1.82) is 0 Å². The normalized spacial score (nSPS) is 14.3. The van der Waals surface area contributed by atoms with Crippen LogP contribution in [0.25, 0.3) is 0 Å². The van der Waals surface area contributed by atoms with Crippen LogP contribution in [0.4, 0.5) is 11.5 Å². The molecule has 7 heteroatoms. The lowest BCUT2D eigenvalue weighted by atomic mass is 10.1. The third-order valence-electron chi connectivity index (χ3n) is 4.26. The Bertz CT molecular complexity index is 768. The first-order valence-corrected chi connectivity index (χ1v) is 9.67. The number of benzene rings is 1. The second-order valence-corrected chi connectivity index (χ2v) is 7.42. The van der Waals surface area contributed by atoms with Gasteiger partial charge in [-0.15, -0.1) is 0 Å². The van der Waals surface area contributed by atoms with Crippen molar-refractivity contribution in [3.05, 3.63) is 41.2 Å². The van der Waals surface area contributed by atoms with Crippen LogP contribution in [0.2, 0.25) is 0 Å². The summed E-state index contributed by atoms with van der Waals surface area (Å²) in [5.74, 6) is 1.17. The van der Waals surface area contributed by atoms with Gasteiger partial charge in [-0.25, -0.2) is 9.97 Å². The van der Waals surface area contributed by atoms with Gasteiger partial charge in [-0.3, -0.25) is 4.79 Å². The van der Waals surface area contributed by atoms with Crippen LogP contribution in [0.15, 0.2) is 29.6 Å². The van der Waals surface area contributed by atoms with Gasteiger partial charge in [-0.1, -0.05) is 29.5 Å². The number of carbonyl (C=O) groups excluding carboxylic acids is 1. The van der Waals surface area contributed by atoms with Crippen molar-refractivity contribution in [1.82, 2.24) is 9.97 Å². The average Bonchev–Trinajstić information content (AvgIpc) is 2.64. The molecule has 1 amide bonds. The number of morpholine rings is 1. The molecule has 0 radical (unpaired) electrons. The molecule has 26 heavy (non-hydrogen) atoms. The highest BCUT2D eigenvalue weighted by Gasteiger charge is 2.14. The highest BCUT2D eigenvalue weighted by molar-refractivity contribution is 7.99. The number of anilines is 2. The van der Waals surface area contributed by atoms with E-state index in [1.54, 1.807) is 6.33 Å². The van der Waals surface area contributed by atoms with E-state index in [0.717, 1.165) is 40.7 Å². The largest absolute Gasteiger partial charge is 0.378 e. The predicted octanol–water partition coefficient (Wildman–Crippen LogP) is 2.97. The fourth-order valence-corrected chi connectivity index (χ4v) is 3.73. The summed E-state index contributed by atoms with van der Waals surface area (Å²) < 4.78 is 5.37. The van der Waals surface area contributed by atoms with Crippen molar-refractivity contribution in [3.8, 4) is 0 Å². The molecule has 1 aromatic heterocycles. The predicted molar refractivity (Wildman–Crippen MR) is 105 cm³/mol. The lowest BCUT2D eigenvalue weighted by molar-refractivity contribution is -0.113. The third-order valence-corrected chi connectivity index (χ3v) is 5.18. The zero-order valence-electron chi connectivity index (χ0n) is 15.4. The zero-order chi connectivity index (χ0) is 18.5. The molecule has 1 aliphatic heterocycles. The fourth-order valence-electron chi connectivity index (χ4n) is 3.07. The van der Waals surface area contributed by atoms with Crippen molar-refractivity contribution in [2.75, 3.05) is 42.3 Å². The minimum Gasteiger partial charge on any atom is -0.378 e. The van der Waals surface area contributed by atoms with Crippen molar-refractivity contribution in [2.45, 2.75) is 25.8 Å². The number of nitrogens with one attached hydrogen (secondary N) is 1. The Morgan fingerprint density at radius 3 is 2.54 bits per heavy atom. The molecule has 2 aromatic rings. The maximum absolute atomic E-state index is 12.4. The van der Waals surface area contributed by atoms with Crippen LogP contribution in [0.1, 0.15) is 16.7 Å².